The monoisotopic (exact) mass is 286 g/mol. The van der Waals surface area contributed by atoms with Crippen molar-refractivity contribution < 1.29 is 0 Å². The normalized spacial score (nSPS) is 12.6. The molecule has 4 heteroatoms. The van der Waals surface area contributed by atoms with Crippen LogP contribution in [0.1, 0.15) is 47.7 Å². The Kier molecular flexibility index (Phi) is 5.12. The van der Waals surface area contributed by atoms with Crippen molar-refractivity contribution in [3.05, 3.63) is 46.5 Å². The summed E-state index contributed by atoms with van der Waals surface area (Å²) in [5.41, 5.74) is 3.98. The lowest BCUT2D eigenvalue weighted by atomic mass is 9.99. The SMILES string of the molecule is CCCNC(Cn1nc(C)nc1C)c1ccc(C)cc1C. The van der Waals surface area contributed by atoms with Gasteiger partial charge in [-0.25, -0.2) is 9.67 Å². The first kappa shape index (κ1) is 15.7. The number of nitrogens with one attached hydrogen (secondary N) is 1. The van der Waals surface area contributed by atoms with Gasteiger partial charge in [0, 0.05) is 0 Å². The highest BCUT2D eigenvalue weighted by molar-refractivity contribution is 5.32. The molecule has 1 heterocycles. The molecule has 114 valence electrons. The second kappa shape index (κ2) is 6.85. The van der Waals surface area contributed by atoms with E-state index in [9.17, 15) is 0 Å². The van der Waals surface area contributed by atoms with Crippen molar-refractivity contribution in [3.8, 4) is 0 Å². The lowest BCUT2D eigenvalue weighted by Gasteiger charge is -2.21. The Hall–Kier alpha value is -1.68. The van der Waals surface area contributed by atoms with Gasteiger partial charge in [0.15, 0.2) is 0 Å². The molecule has 0 amide bonds. The third-order valence-electron chi connectivity index (χ3n) is 3.76. The van der Waals surface area contributed by atoms with Gasteiger partial charge in [0.2, 0.25) is 0 Å². The Morgan fingerprint density at radius 2 is 1.95 bits per heavy atom. The Morgan fingerprint density at radius 1 is 1.19 bits per heavy atom. The van der Waals surface area contributed by atoms with E-state index in [1.54, 1.807) is 0 Å². The third kappa shape index (κ3) is 3.91. The van der Waals surface area contributed by atoms with Crippen molar-refractivity contribution >= 4 is 0 Å². The maximum absolute atomic E-state index is 4.50. The Labute approximate surface area is 127 Å². The molecule has 2 aromatic rings. The summed E-state index contributed by atoms with van der Waals surface area (Å²) in [6, 6.07) is 6.93. The second-order valence-electron chi connectivity index (χ2n) is 5.76. The van der Waals surface area contributed by atoms with Crippen molar-refractivity contribution in [2.45, 2.75) is 53.6 Å². The van der Waals surface area contributed by atoms with Crippen LogP contribution in [-0.4, -0.2) is 21.3 Å². The molecule has 4 nitrogen and oxygen atoms in total. The van der Waals surface area contributed by atoms with E-state index < -0.39 is 0 Å². The lowest BCUT2D eigenvalue weighted by Crippen LogP contribution is -2.28. The molecule has 0 bridgehead atoms. The molecule has 1 N–H and O–H groups in total. The van der Waals surface area contributed by atoms with Crippen molar-refractivity contribution in [2.75, 3.05) is 6.54 Å². The van der Waals surface area contributed by atoms with Crippen LogP contribution in [0.4, 0.5) is 0 Å². The highest BCUT2D eigenvalue weighted by atomic mass is 15.3. The molecule has 0 aliphatic heterocycles. The quantitative estimate of drug-likeness (QED) is 0.886. The molecule has 0 saturated heterocycles. The van der Waals surface area contributed by atoms with Gasteiger partial charge >= 0.3 is 0 Å². The van der Waals surface area contributed by atoms with Gasteiger partial charge in [0.1, 0.15) is 11.6 Å². The summed E-state index contributed by atoms with van der Waals surface area (Å²) in [6.07, 6.45) is 1.12. The van der Waals surface area contributed by atoms with E-state index >= 15 is 0 Å². The fraction of sp³-hybridized carbons (Fsp3) is 0.529. The van der Waals surface area contributed by atoms with Gasteiger partial charge in [0.05, 0.1) is 12.6 Å². The molecule has 0 aliphatic carbocycles. The first-order valence-electron chi connectivity index (χ1n) is 7.69. The van der Waals surface area contributed by atoms with Gasteiger partial charge in [-0.05, 0) is 51.8 Å². The number of hydrogen-bond donors (Lipinski definition) is 1. The minimum atomic E-state index is 0.269. The fourth-order valence-electron chi connectivity index (χ4n) is 2.72. The van der Waals surface area contributed by atoms with Crippen LogP contribution in [0.15, 0.2) is 18.2 Å². The zero-order chi connectivity index (χ0) is 15.4. The van der Waals surface area contributed by atoms with Crippen LogP contribution in [0.3, 0.4) is 0 Å². The van der Waals surface area contributed by atoms with E-state index in [4.69, 9.17) is 0 Å². The number of nitrogens with zero attached hydrogens (tertiary/aromatic N) is 3. The highest BCUT2D eigenvalue weighted by Crippen LogP contribution is 2.21. The van der Waals surface area contributed by atoms with E-state index in [2.05, 4.69) is 54.4 Å². The molecule has 21 heavy (non-hydrogen) atoms. The van der Waals surface area contributed by atoms with E-state index in [-0.39, 0.29) is 6.04 Å². The molecule has 2 rings (SSSR count). The maximum Gasteiger partial charge on any atom is 0.147 e. The van der Waals surface area contributed by atoms with Crippen LogP contribution in [-0.2, 0) is 6.54 Å². The number of aromatic nitrogens is 3. The molecule has 1 unspecified atom stereocenters. The topological polar surface area (TPSA) is 42.7 Å². The molecule has 0 radical (unpaired) electrons. The standard InChI is InChI=1S/C17H26N4/c1-6-9-18-17(11-21-15(5)19-14(4)20-21)16-8-7-12(2)10-13(16)3/h7-8,10,17-18H,6,9,11H2,1-5H3. The smallest absolute Gasteiger partial charge is 0.147 e. The summed E-state index contributed by atoms with van der Waals surface area (Å²) in [6.45, 7) is 12.3. The van der Waals surface area contributed by atoms with Crippen molar-refractivity contribution in [3.63, 3.8) is 0 Å². The molecule has 1 aromatic heterocycles. The molecule has 0 fully saturated rings. The zero-order valence-corrected chi connectivity index (χ0v) is 13.8. The summed E-state index contributed by atoms with van der Waals surface area (Å²) in [5.74, 6) is 1.81. The number of aryl methyl sites for hydroxylation is 4. The molecule has 1 aromatic carbocycles. The van der Waals surface area contributed by atoms with Gasteiger partial charge in [-0.15, -0.1) is 0 Å². The van der Waals surface area contributed by atoms with Crippen LogP contribution in [0.5, 0.6) is 0 Å². The predicted octanol–water partition coefficient (Wildman–Crippen LogP) is 3.25. The average Bonchev–Trinajstić information content (AvgIpc) is 2.73. The number of benzene rings is 1. The summed E-state index contributed by atoms with van der Waals surface area (Å²) in [5, 5.41) is 8.14. The van der Waals surface area contributed by atoms with Gasteiger partial charge in [-0.2, -0.15) is 5.10 Å². The minimum absolute atomic E-state index is 0.269. The summed E-state index contributed by atoms with van der Waals surface area (Å²) in [4.78, 5) is 4.40. The zero-order valence-electron chi connectivity index (χ0n) is 13.8. The van der Waals surface area contributed by atoms with E-state index in [0.29, 0.717) is 0 Å². The summed E-state index contributed by atoms with van der Waals surface area (Å²) < 4.78 is 2.00. The van der Waals surface area contributed by atoms with Crippen molar-refractivity contribution in [1.29, 1.82) is 0 Å². The molecule has 0 saturated carbocycles. The Balaban J connectivity index is 2.27. The van der Waals surface area contributed by atoms with Crippen LogP contribution in [0.2, 0.25) is 0 Å². The molecule has 0 aliphatic rings. The largest absolute Gasteiger partial charge is 0.308 e. The lowest BCUT2D eigenvalue weighted by molar-refractivity contribution is 0.430. The number of rotatable bonds is 6. The van der Waals surface area contributed by atoms with E-state index in [1.165, 1.54) is 16.7 Å². The third-order valence-corrected chi connectivity index (χ3v) is 3.76. The molecular formula is C17H26N4. The first-order chi connectivity index (χ1) is 10.0. The van der Waals surface area contributed by atoms with Crippen LogP contribution in [0, 0.1) is 27.7 Å². The van der Waals surface area contributed by atoms with Gasteiger partial charge in [-0.1, -0.05) is 30.7 Å². The van der Waals surface area contributed by atoms with Crippen LogP contribution < -0.4 is 5.32 Å². The molecule has 1 atom stereocenters. The fourth-order valence-corrected chi connectivity index (χ4v) is 2.72. The molecular weight excluding hydrogens is 260 g/mol. The van der Waals surface area contributed by atoms with Crippen molar-refractivity contribution in [2.24, 2.45) is 0 Å². The van der Waals surface area contributed by atoms with E-state index in [0.717, 1.165) is 31.2 Å². The minimum Gasteiger partial charge on any atom is -0.308 e. The molecule has 0 spiro atoms. The predicted molar refractivity (Wildman–Crippen MR) is 86.4 cm³/mol. The summed E-state index contributed by atoms with van der Waals surface area (Å²) >= 11 is 0. The first-order valence-corrected chi connectivity index (χ1v) is 7.69. The second-order valence-corrected chi connectivity index (χ2v) is 5.76. The maximum atomic E-state index is 4.50. The van der Waals surface area contributed by atoms with Gasteiger partial charge < -0.3 is 5.32 Å². The van der Waals surface area contributed by atoms with Crippen LogP contribution >= 0.6 is 0 Å². The summed E-state index contributed by atoms with van der Waals surface area (Å²) in [7, 11) is 0. The van der Waals surface area contributed by atoms with E-state index in [1.807, 2.05) is 18.5 Å². The Bertz CT molecular complexity index is 601. The van der Waals surface area contributed by atoms with Gasteiger partial charge in [-0.3, -0.25) is 0 Å². The highest BCUT2D eigenvalue weighted by Gasteiger charge is 2.16. The van der Waals surface area contributed by atoms with Crippen molar-refractivity contribution in [1.82, 2.24) is 20.1 Å². The average molecular weight is 286 g/mol. The van der Waals surface area contributed by atoms with Crippen LogP contribution in [0.25, 0.3) is 0 Å². The number of hydrogen-bond acceptors (Lipinski definition) is 3. The Morgan fingerprint density at radius 3 is 2.52 bits per heavy atom. The van der Waals surface area contributed by atoms with Gasteiger partial charge in [0.25, 0.3) is 0 Å².